The molecular formula is C21H23NO4. The summed E-state index contributed by atoms with van der Waals surface area (Å²) in [5.41, 5.74) is 2.19. The molecule has 26 heavy (non-hydrogen) atoms. The Kier molecular flexibility index (Phi) is 4.80. The maximum atomic E-state index is 12.7. The maximum absolute atomic E-state index is 12.7. The minimum Gasteiger partial charge on any atom is -0.493 e. The summed E-state index contributed by atoms with van der Waals surface area (Å²) in [6.45, 7) is 2.31. The van der Waals surface area contributed by atoms with Gasteiger partial charge in [-0.1, -0.05) is 42.5 Å². The Labute approximate surface area is 153 Å². The van der Waals surface area contributed by atoms with E-state index in [1.54, 1.807) is 7.11 Å². The molecule has 2 aromatic rings. The zero-order valence-electron chi connectivity index (χ0n) is 14.9. The zero-order chi connectivity index (χ0) is 17.9. The highest BCUT2D eigenvalue weighted by atomic mass is 16.5. The average Bonchev–Trinajstić information content (AvgIpc) is 2.66. The molecule has 0 bridgehead atoms. The van der Waals surface area contributed by atoms with E-state index in [9.17, 15) is 4.79 Å². The van der Waals surface area contributed by atoms with Crippen molar-refractivity contribution in [2.24, 2.45) is 5.92 Å². The summed E-state index contributed by atoms with van der Waals surface area (Å²) in [7, 11) is 1.63. The van der Waals surface area contributed by atoms with Crippen molar-refractivity contribution in [3.05, 3.63) is 59.7 Å². The molecule has 2 aromatic carbocycles. The fraction of sp³-hybridized carbons (Fsp3) is 0.381. The molecule has 1 saturated heterocycles. The first-order chi connectivity index (χ1) is 12.7. The van der Waals surface area contributed by atoms with Crippen molar-refractivity contribution >= 4 is 5.91 Å². The van der Waals surface area contributed by atoms with Gasteiger partial charge in [-0.05, 0) is 23.6 Å². The van der Waals surface area contributed by atoms with Crippen LogP contribution in [0.25, 0.3) is 0 Å². The van der Waals surface area contributed by atoms with Crippen molar-refractivity contribution in [1.29, 1.82) is 0 Å². The number of para-hydroxylation sites is 1. The second-order valence-electron chi connectivity index (χ2n) is 6.82. The Morgan fingerprint density at radius 3 is 2.73 bits per heavy atom. The Morgan fingerprint density at radius 1 is 1.15 bits per heavy atom. The molecule has 0 saturated carbocycles. The third-order valence-electron chi connectivity index (χ3n) is 5.01. The van der Waals surface area contributed by atoms with Crippen LogP contribution in [0.3, 0.4) is 0 Å². The van der Waals surface area contributed by atoms with E-state index < -0.39 is 0 Å². The highest BCUT2D eigenvalue weighted by molar-refractivity contribution is 5.80. The van der Waals surface area contributed by atoms with Crippen molar-refractivity contribution in [3.8, 4) is 11.5 Å². The highest BCUT2D eigenvalue weighted by Gasteiger charge is 2.37. The molecule has 136 valence electrons. The van der Waals surface area contributed by atoms with Crippen molar-refractivity contribution in [2.45, 2.75) is 19.1 Å². The number of nitrogens with zero attached hydrogens (tertiary/aromatic N) is 1. The first kappa shape index (κ1) is 16.9. The summed E-state index contributed by atoms with van der Waals surface area (Å²) in [6, 6.07) is 15.9. The highest BCUT2D eigenvalue weighted by Crippen LogP contribution is 2.36. The second kappa shape index (κ2) is 7.38. The van der Waals surface area contributed by atoms with Crippen LogP contribution in [0, 0.1) is 5.92 Å². The number of fused-ring (bicyclic) bond motifs is 1. The van der Waals surface area contributed by atoms with Gasteiger partial charge in [0.25, 0.3) is 0 Å². The van der Waals surface area contributed by atoms with E-state index in [1.165, 1.54) is 0 Å². The normalized spacial score (nSPS) is 19.3. The number of methoxy groups -OCH3 is 1. The fourth-order valence-electron chi connectivity index (χ4n) is 3.48. The zero-order valence-corrected chi connectivity index (χ0v) is 14.9. The van der Waals surface area contributed by atoms with Gasteiger partial charge in [0.1, 0.15) is 6.61 Å². The molecule has 2 aliphatic heterocycles. The molecule has 0 aliphatic carbocycles. The van der Waals surface area contributed by atoms with Crippen LogP contribution in [-0.2, 0) is 22.6 Å². The molecule has 0 spiro atoms. The first-order valence-electron chi connectivity index (χ1n) is 8.97. The monoisotopic (exact) mass is 353 g/mol. The van der Waals surface area contributed by atoms with Crippen LogP contribution >= 0.6 is 0 Å². The molecular weight excluding hydrogens is 330 g/mol. The number of likely N-dealkylation sites (tertiary alicyclic amines) is 1. The van der Waals surface area contributed by atoms with E-state index in [0.717, 1.165) is 22.6 Å². The fourth-order valence-corrected chi connectivity index (χ4v) is 3.48. The Bertz CT molecular complexity index is 771. The summed E-state index contributed by atoms with van der Waals surface area (Å²) in [6.07, 6.45) is 0.813. The van der Waals surface area contributed by atoms with Crippen molar-refractivity contribution < 1.29 is 19.0 Å². The van der Waals surface area contributed by atoms with E-state index in [4.69, 9.17) is 14.2 Å². The lowest BCUT2D eigenvalue weighted by molar-refractivity contribution is -0.151. The van der Waals surface area contributed by atoms with Gasteiger partial charge >= 0.3 is 0 Å². The molecule has 1 amide bonds. The third-order valence-corrected chi connectivity index (χ3v) is 5.01. The lowest BCUT2D eigenvalue weighted by Gasteiger charge is -2.41. The molecule has 1 atom stereocenters. The topological polar surface area (TPSA) is 48.0 Å². The summed E-state index contributed by atoms with van der Waals surface area (Å²) in [4.78, 5) is 14.6. The number of ether oxygens (including phenoxy) is 3. The molecule has 1 unspecified atom stereocenters. The predicted molar refractivity (Wildman–Crippen MR) is 97.3 cm³/mol. The molecule has 2 aliphatic rings. The lowest BCUT2D eigenvalue weighted by Crippen LogP contribution is -2.57. The van der Waals surface area contributed by atoms with Gasteiger partial charge in [-0.15, -0.1) is 0 Å². The van der Waals surface area contributed by atoms with Crippen molar-refractivity contribution in [3.63, 3.8) is 0 Å². The van der Waals surface area contributed by atoms with Crippen LogP contribution in [-0.4, -0.2) is 43.7 Å². The SMILES string of the molecule is COc1cccc2c1OCC(C(=O)N1CC(OCc3ccccc3)C1)C2. The molecule has 2 heterocycles. The molecule has 1 fully saturated rings. The number of carbonyl (C=O) groups excluding carboxylic acids is 1. The quantitative estimate of drug-likeness (QED) is 0.829. The Hall–Kier alpha value is -2.53. The number of hydrogen-bond acceptors (Lipinski definition) is 4. The number of benzene rings is 2. The molecule has 5 nitrogen and oxygen atoms in total. The summed E-state index contributed by atoms with van der Waals surface area (Å²) in [5, 5.41) is 0. The number of amides is 1. The van der Waals surface area contributed by atoms with E-state index in [1.807, 2.05) is 53.4 Å². The van der Waals surface area contributed by atoms with Crippen molar-refractivity contribution in [1.82, 2.24) is 4.90 Å². The smallest absolute Gasteiger partial charge is 0.229 e. The third kappa shape index (κ3) is 3.40. The molecule has 0 N–H and O–H groups in total. The molecule has 4 rings (SSSR count). The lowest BCUT2D eigenvalue weighted by atomic mass is 9.94. The largest absolute Gasteiger partial charge is 0.493 e. The van der Waals surface area contributed by atoms with E-state index in [2.05, 4.69) is 0 Å². The molecule has 0 aromatic heterocycles. The van der Waals surface area contributed by atoms with Crippen LogP contribution in [0.15, 0.2) is 48.5 Å². The Balaban J connectivity index is 1.28. The van der Waals surface area contributed by atoms with Gasteiger partial charge in [-0.25, -0.2) is 0 Å². The van der Waals surface area contributed by atoms with Crippen LogP contribution < -0.4 is 9.47 Å². The van der Waals surface area contributed by atoms with Crippen LogP contribution in [0.5, 0.6) is 11.5 Å². The maximum Gasteiger partial charge on any atom is 0.229 e. The second-order valence-corrected chi connectivity index (χ2v) is 6.82. The van der Waals surface area contributed by atoms with Gasteiger partial charge in [0, 0.05) is 13.1 Å². The first-order valence-corrected chi connectivity index (χ1v) is 8.97. The van der Waals surface area contributed by atoms with E-state index in [0.29, 0.717) is 32.7 Å². The minimum absolute atomic E-state index is 0.121. The van der Waals surface area contributed by atoms with Gasteiger partial charge in [-0.2, -0.15) is 0 Å². The van der Waals surface area contributed by atoms with Gasteiger partial charge in [-0.3, -0.25) is 4.79 Å². The van der Waals surface area contributed by atoms with Gasteiger partial charge in [0.15, 0.2) is 11.5 Å². The molecule has 0 radical (unpaired) electrons. The average molecular weight is 353 g/mol. The van der Waals surface area contributed by atoms with E-state index >= 15 is 0 Å². The van der Waals surface area contributed by atoms with Gasteiger partial charge < -0.3 is 19.1 Å². The molecule has 5 heteroatoms. The van der Waals surface area contributed by atoms with Crippen LogP contribution in [0.4, 0.5) is 0 Å². The van der Waals surface area contributed by atoms with Crippen LogP contribution in [0.2, 0.25) is 0 Å². The van der Waals surface area contributed by atoms with Crippen LogP contribution in [0.1, 0.15) is 11.1 Å². The predicted octanol–water partition coefficient (Wildman–Crippen LogP) is 2.67. The summed E-state index contributed by atoms with van der Waals surface area (Å²) < 4.78 is 17.0. The summed E-state index contributed by atoms with van der Waals surface area (Å²) >= 11 is 0. The summed E-state index contributed by atoms with van der Waals surface area (Å²) in [5.74, 6) is 1.51. The Morgan fingerprint density at radius 2 is 1.96 bits per heavy atom. The van der Waals surface area contributed by atoms with Gasteiger partial charge in [0.05, 0.1) is 25.7 Å². The minimum atomic E-state index is -0.135. The van der Waals surface area contributed by atoms with Gasteiger partial charge in [0.2, 0.25) is 5.91 Å². The number of rotatable bonds is 5. The van der Waals surface area contributed by atoms with E-state index in [-0.39, 0.29) is 17.9 Å². The number of hydrogen-bond donors (Lipinski definition) is 0. The number of carbonyl (C=O) groups is 1. The van der Waals surface area contributed by atoms with Crippen molar-refractivity contribution in [2.75, 3.05) is 26.8 Å². The standard InChI is InChI=1S/C21H23NO4/c1-24-19-9-5-8-16-10-17(14-26-20(16)19)21(23)22-11-18(12-22)25-13-15-6-3-2-4-7-15/h2-9,17-18H,10-14H2,1H3.